The average molecular weight is 363 g/mol. The Labute approximate surface area is 136 Å². The highest BCUT2D eigenvalue weighted by Gasteiger charge is 2.23. The van der Waals surface area contributed by atoms with Crippen LogP contribution in [0.4, 0.5) is 5.69 Å². The van der Waals surface area contributed by atoms with E-state index in [0.717, 1.165) is 18.4 Å². The molecule has 1 saturated carbocycles. The molecule has 1 aliphatic carbocycles. The summed E-state index contributed by atoms with van der Waals surface area (Å²) >= 11 is 3.16. The summed E-state index contributed by atoms with van der Waals surface area (Å²) in [5, 5.41) is 5.69. The number of benzene rings is 1. The molecule has 6 heteroatoms. The zero-order valence-corrected chi connectivity index (χ0v) is 13.4. The molecule has 0 spiro atoms. The molecule has 0 atom stereocenters. The van der Waals surface area contributed by atoms with Crippen LogP contribution in [-0.2, 0) is 11.2 Å². The number of anilines is 1. The highest BCUT2D eigenvalue weighted by atomic mass is 79.9. The highest BCUT2D eigenvalue weighted by molar-refractivity contribution is 9.10. The number of rotatable bonds is 5. The molecular formula is C16H15BrN2O3. The van der Waals surface area contributed by atoms with Crippen molar-refractivity contribution in [2.75, 3.05) is 5.32 Å². The molecular weight excluding hydrogens is 348 g/mol. The first-order valence-corrected chi connectivity index (χ1v) is 7.84. The first-order chi connectivity index (χ1) is 10.6. The van der Waals surface area contributed by atoms with Crippen LogP contribution in [0.25, 0.3) is 0 Å². The van der Waals surface area contributed by atoms with E-state index in [2.05, 4.69) is 26.6 Å². The molecule has 0 bridgehead atoms. The quantitative estimate of drug-likeness (QED) is 0.858. The van der Waals surface area contributed by atoms with Gasteiger partial charge < -0.3 is 15.1 Å². The molecule has 1 heterocycles. The fourth-order valence-corrected chi connectivity index (χ4v) is 2.33. The van der Waals surface area contributed by atoms with E-state index in [0.29, 0.717) is 22.8 Å². The lowest BCUT2D eigenvalue weighted by Crippen LogP contribution is -2.26. The summed E-state index contributed by atoms with van der Waals surface area (Å²) in [6.07, 6.45) is 2.52. The van der Waals surface area contributed by atoms with Crippen LogP contribution in [0.15, 0.2) is 45.5 Å². The molecule has 0 saturated heterocycles. The van der Waals surface area contributed by atoms with E-state index in [-0.39, 0.29) is 17.6 Å². The van der Waals surface area contributed by atoms with Gasteiger partial charge in [0.1, 0.15) is 0 Å². The van der Waals surface area contributed by atoms with Gasteiger partial charge in [-0.3, -0.25) is 9.59 Å². The van der Waals surface area contributed by atoms with E-state index in [4.69, 9.17) is 4.42 Å². The Hall–Kier alpha value is -2.08. The predicted molar refractivity (Wildman–Crippen MR) is 85.7 cm³/mol. The zero-order chi connectivity index (χ0) is 15.5. The molecule has 1 aliphatic rings. The Bertz CT molecular complexity index is 690. The van der Waals surface area contributed by atoms with E-state index in [1.54, 1.807) is 24.3 Å². The SMILES string of the molecule is O=C(Cc1ccc(NC(=O)c2ccc(Br)o2)cc1)NC1CC1. The van der Waals surface area contributed by atoms with E-state index < -0.39 is 0 Å². The number of carbonyl (C=O) groups excluding carboxylic acids is 2. The molecule has 22 heavy (non-hydrogen) atoms. The van der Waals surface area contributed by atoms with E-state index in [1.165, 1.54) is 0 Å². The lowest BCUT2D eigenvalue weighted by atomic mass is 10.1. The van der Waals surface area contributed by atoms with Crippen molar-refractivity contribution in [2.24, 2.45) is 0 Å². The summed E-state index contributed by atoms with van der Waals surface area (Å²) in [7, 11) is 0. The molecule has 1 fully saturated rings. The molecule has 5 nitrogen and oxygen atoms in total. The minimum Gasteiger partial charge on any atom is -0.444 e. The van der Waals surface area contributed by atoms with E-state index in [1.807, 2.05) is 12.1 Å². The van der Waals surface area contributed by atoms with Crippen molar-refractivity contribution in [3.63, 3.8) is 0 Å². The molecule has 2 N–H and O–H groups in total. The third kappa shape index (κ3) is 3.98. The fraction of sp³-hybridized carbons (Fsp3) is 0.250. The molecule has 1 aromatic heterocycles. The van der Waals surface area contributed by atoms with Crippen molar-refractivity contribution < 1.29 is 14.0 Å². The van der Waals surface area contributed by atoms with Gasteiger partial charge in [-0.2, -0.15) is 0 Å². The van der Waals surface area contributed by atoms with Crippen LogP contribution in [0.3, 0.4) is 0 Å². The number of hydrogen-bond donors (Lipinski definition) is 2. The number of nitrogens with one attached hydrogen (secondary N) is 2. The monoisotopic (exact) mass is 362 g/mol. The van der Waals surface area contributed by atoms with E-state index >= 15 is 0 Å². The van der Waals surface area contributed by atoms with Crippen molar-refractivity contribution in [3.05, 3.63) is 52.4 Å². The smallest absolute Gasteiger partial charge is 0.291 e. The van der Waals surface area contributed by atoms with Gasteiger partial charge in [0.2, 0.25) is 5.91 Å². The number of furan rings is 1. The molecule has 0 aliphatic heterocycles. The largest absolute Gasteiger partial charge is 0.444 e. The summed E-state index contributed by atoms with van der Waals surface area (Å²) in [6, 6.07) is 10.8. The summed E-state index contributed by atoms with van der Waals surface area (Å²) in [4.78, 5) is 23.6. The summed E-state index contributed by atoms with van der Waals surface area (Å²) < 4.78 is 5.70. The topological polar surface area (TPSA) is 71.3 Å². The Morgan fingerprint density at radius 3 is 2.45 bits per heavy atom. The molecule has 2 aromatic rings. The Morgan fingerprint density at radius 1 is 1.14 bits per heavy atom. The van der Waals surface area contributed by atoms with Gasteiger partial charge in [-0.05, 0) is 58.6 Å². The lowest BCUT2D eigenvalue weighted by Gasteiger charge is -2.06. The minimum atomic E-state index is -0.315. The lowest BCUT2D eigenvalue weighted by molar-refractivity contribution is -0.120. The van der Waals surface area contributed by atoms with Gasteiger partial charge in [-0.25, -0.2) is 0 Å². The number of carbonyl (C=O) groups is 2. The van der Waals surface area contributed by atoms with Crippen LogP contribution < -0.4 is 10.6 Å². The van der Waals surface area contributed by atoms with Crippen molar-refractivity contribution in [1.29, 1.82) is 0 Å². The zero-order valence-electron chi connectivity index (χ0n) is 11.8. The van der Waals surface area contributed by atoms with Crippen molar-refractivity contribution in [2.45, 2.75) is 25.3 Å². The van der Waals surface area contributed by atoms with Crippen LogP contribution in [-0.4, -0.2) is 17.9 Å². The predicted octanol–water partition coefficient (Wildman–Crippen LogP) is 3.12. The normalized spacial score (nSPS) is 13.7. The van der Waals surface area contributed by atoms with Crippen LogP contribution in [0.1, 0.15) is 29.0 Å². The first kappa shape index (κ1) is 14.8. The molecule has 0 radical (unpaired) electrons. The van der Waals surface area contributed by atoms with Gasteiger partial charge in [-0.1, -0.05) is 12.1 Å². The molecule has 1 aromatic carbocycles. The second-order valence-corrected chi connectivity index (χ2v) is 6.05. The second kappa shape index (κ2) is 6.36. The van der Waals surface area contributed by atoms with Crippen LogP contribution in [0.5, 0.6) is 0 Å². The maximum atomic E-state index is 11.9. The van der Waals surface area contributed by atoms with Gasteiger partial charge in [0, 0.05) is 11.7 Å². The summed E-state index contributed by atoms with van der Waals surface area (Å²) in [5.41, 5.74) is 1.57. The molecule has 3 rings (SSSR count). The van der Waals surface area contributed by atoms with Gasteiger partial charge in [0.25, 0.3) is 5.91 Å². The van der Waals surface area contributed by atoms with Gasteiger partial charge in [0.05, 0.1) is 6.42 Å². The average Bonchev–Trinajstić information content (AvgIpc) is 3.18. The van der Waals surface area contributed by atoms with Crippen LogP contribution in [0, 0.1) is 0 Å². The summed E-state index contributed by atoms with van der Waals surface area (Å²) in [5.74, 6) is -0.0376. The number of hydrogen-bond acceptors (Lipinski definition) is 3. The van der Waals surface area contributed by atoms with Crippen molar-refractivity contribution in [1.82, 2.24) is 5.32 Å². The van der Waals surface area contributed by atoms with E-state index in [9.17, 15) is 9.59 Å². The standard InChI is InChI=1S/C16H15BrN2O3/c17-14-8-7-13(22-14)16(21)19-12-3-1-10(2-4-12)9-15(20)18-11-5-6-11/h1-4,7-8,11H,5-6,9H2,(H,18,20)(H,19,21). The Balaban J connectivity index is 1.56. The maximum absolute atomic E-state index is 11.9. The molecule has 0 unspecified atom stereocenters. The third-order valence-electron chi connectivity index (χ3n) is 3.32. The fourth-order valence-electron chi connectivity index (χ4n) is 2.03. The van der Waals surface area contributed by atoms with Gasteiger partial charge in [0.15, 0.2) is 10.4 Å². The summed E-state index contributed by atoms with van der Waals surface area (Å²) in [6.45, 7) is 0. The number of amides is 2. The maximum Gasteiger partial charge on any atom is 0.291 e. The third-order valence-corrected chi connectivity index (χ3v) is 3.74. The van der Waals surface area contributed by atoms with Gasteiger partial charge >= 0.3 is 0 Å². The highest BCUT2D eigenvalue weighted by Crippen LogP contribution is 2.19. The Morgan fingerprint density at radius 2 is 1.86 bits per heavy atom. The van der Waals surface area contributed by atoms with Crippen molar-refractivity contribution in [3.8, 4) is 0 Å². The van der Waals surface area contributed by atoms with Crippen LogP contribution >= 0.6 is 15.9 Å². The molecule has 2 amide bonds. The van der Waals surface area contributed by atoms with Crippen molar-refractivity contribution >= 4 is 33.4 Å². The van der Waals surface area contributed by atoms with Gasteiger partial charge in [-0.15, -0.1) is 0 Å². The minimum absolute atomic E-state index is 0.0414. The molecule has 114 valence electrons. The van der Waals surface area contributed by atoms with Crippen LogP contribution in [0.2, 0.25) is 0 Å². The Kier molecular flexibility index (Phi) is 4.29. The first-order valence-electron chi connectivity index (χ1n) is 7.05. The number of halogens is 1. The second-order valence-electron chi connectivity index (χ2n) is 5.27.